The first kappa shape index (κ1) is 17.0. The molecule has 0 radical (unpaired) electrons. The van der Waals surface area contributed by atoms with E-state index in [1.807, 2.05) is 13.0 Å². The van der Waals surface area contributed by atoms with Crippen molar-refractivity contribution < 1.29 is 9.18 Å². The van der Waals surface area contributed by atoms with E-state index in [1.54, 1.807) is 43.4 Å². The summed E-state index contributed by atoms with van der Waals surface area (Å²) in [5.74, 6) is -0.409. The van der Waals surface area contributed by atoms with Crippen LogP contribution >= 0.6 is 11.6 Å². The first-order chi connectivity index (χ1) is 11.9. The van der Waals surface area contributed by atoms with E-state index < -0.39 is 11.8 Å². The van der Waals surface area contributed by atoms with Crippen molar-refractivity contribution in [2.24, 2.45) is 7.05 Å². The number of carbonyl (C=O) groups is 1. The molecule has 0 unspecified atom stereocenters. The molecule has 5 nitrogen and oxygen atoms in total. The maximum absolute atomic E-state index is 14.0. The smallest absolute Gasteiger partial charge is 0.308 e. The van der Waals surface area contributed by atoms with E-state index in [1.165, 1.54) is 10.9 Å². The van der Waals surface area contributed by atoms with Crippen LogP contribution in [0.5, 0.6) is 0 Å². The second-order valence-electron chi connectivity index (χ2n) is 5.58. The molecule has 2 aromatic carbocycles. The summed E-state index contributed by atoms with van der Waals surface area (Å²) >= 11 is 5.82. The first-order valence-electron chi connectivity index (χ1n) is 7.56. The number of nitrogens with one attached hydrogen (secondary N) is 2. The van der Waals surface area contributed by atoms with E-state index in [0.717, 1.165) is 5.56 Å². The van der Waals surface area contributed by atoms with Gasteiger partial charge >= 0.3 is 6.03 Å². The molecule has 0 spiro atoms. The molecule has 0 fully saturated rings. The number of hydrogen-bond donors (Lipinski definition) is 2. The lowest BCUT2D eigenvalue weighted by Gasteiger charge is -2.12. The molecule has 0 aliphatic heterocycles. The highest BCUT2D eigenvalue weighted by Crippen LogP contribution is 2.28. The molecule has 0 aliphatic rings. The van der Waals surface area contributed by atoms with Gasteiger partial charge in [0.2, 0.25) is 0 Å². The predicted octanol–water partition coefficient (Wildman–Crippen LogP) is 4.83. The van der Waals surface area contributed by atoms with Crippen LogP contribution in [0.15, 0.2) is 48.7 Å². The number of aryl methyl sites for hydroxylation is 2. The van der Waals surface area contributed by atoms with E-state index in [0.29, 0.717) is 27.7 Å². The number of aromatic nitrogens is 2. The van der Waals surface area contributed by atoms with Gasteiger partial charge in [-0.05, 0) is 48.9 Å². The lowest BCUT2D eigenvalue weighted by Crippen LogP contribution is -2.19. The van der Waals surface area contributed by atoms with E-state index in [2.05, 4.69) is 15.7 Å². The van der Waals surface area contributed by atoms with Crippen molar-refractivity contribution in [1.29, 1.82) is 0 Å². The lowest BCUT2D eigenvalue weighted by atomic mass is 10.0. The normalized spacial score (nSPS) is 10.6. The molecule has 128 valence electrons. The summed E-state index contributed by atoms with van der Waals surface area (Å²) in [5.41, 5.74) is 3.09. The minimum absolute atomic E-state index is 0.374. The SMILES string of the molecule is Cc1ccc(NC(=O)Nc2ccc(Cl)cc2)cc1-c1c(F)cnn1C. The Kier molecular flexibility index (Phi) is 4.72. The van der Waals surface area contributed by atoms with Gasteiger partial charge in [-0.15, -0.1) is 0 Å². The number of amides is 2. The van der Waals surface area contributed by atoms with Crippen molar-refractivity contribution in [3.8, 4) is 11.3 Å². The van der Waals surface area contributed by atoms with Gasteiger partial charge in [0.1, 0.15) is 5.69 Å². The molecule has 0 aliphatic carbocycles. The molecule has 7 heteroatoms. The molecule has 2 N–H and O–H groups in total. The Morgan fingerprint density at radius 1 is 1.12 bits per heavy atom. The number of nitrogens with zero attached hydrogens (tertiary/aromatic N) is 2. The number of rotatable bonds is 3. The zero-order chi connectivity index (χ0) is 18.0. The van der Waals surface area contributed by atoms with Crippen LogP contribution < -0.4 is 10.6 Å². The average molecular weight is 359 g/mol. The maximum Gasteiger partial charge on any atom is 0.323 e. The third kappa shape index (κ3) is 3.80. The topological polar surface area (TPSA) is 59.0 Å². The summed E-state index contributed by atoms with van der Waals surface area (Å²) in [4.78, 5) is 12.1. The van der Waals surface area contributed by atoms with E-state index in [-0.39, 0.29) is 0 Å². The van der Waals surface area contributed by atoms with Gasteiger partial charge in [0.05, 0.1) is 6.20 Å². The van der Waals surface area contributed by atoms with Crippen molar-refractivity contribution >= 4 is 29.0 Å². The molecule has 1 heterocycles. The largest absolute Gasteiger partial charge is 0.323 e. The molecule has 1 aromatic heterocycles. The third-order valence-electron chi connectivity index (χ3n) is 3.75. The zero-order valence-corrected chi connectivity index (χ0v) is 14.4. The second kappa shape index (κ2) is 6.94. The van der Waals surface area contributed by atoms with Crippen LogP contribution in [0.2, 0.25) is 5.02 Å². The fourth-order valence-corrected chi connectivity index (χ4v) is 2.62. The van der Waals surface area contributed by atoms with Crippen molar-refractivity contribution in [1.82, 2.24) is 9.78 Å². The van der Waals surface area contributed by atoms with Gasteiger partial charge in [-0.2, -0.15) is 5.10 Å². The van der Waals surface area contributed by atoms with Crippen LogP contribution in [0, 0.1) is 12.7 Å². The van der Waals surface area contributed by atoms with Gasteiger partial charge in [-0.3, -0.25) is 4.68 Å². The molecule has 25 heavy (non-hydrogen) atoms. The zero-order valence-electron chi connectivity index (χ0n) is 13.7. The number of benzene rings is 2. The molecule has 0 bridgehead atoms. The minimum atomic E-state index is -0.409. The molecule has 0 saturated carbocycles. The Morgan fingerprint density at radius 3 is 2.40 bits per heavy atom. The highest BCUT2D eigenvalue weighted by atomic mass is 35.5. The van der Waals surface area contributed by atoms with Crippen molar-refractivity contribution in [2.75, 3.05) is 10.6 Å². The fourth-order valence-electron chi connectivity index (χ4n) is 2.50. The molecule has 3 aromatic rings. The maximum atomic E-state index is 14.0. The Hall–Kier alpha value is -2.86. The fraction of sp³-hybridized carbons (Fsp3) is 0.111. The molecular weight excluding hydrogens is 343 g/mol. The monoisotopic (exact) mass is 358 g/mol. The molecule has 2 amide bonds. The number of carbonyl (C=O) groups excluding carboxylic acids is 1. The number of anilines is 2. The standard InChI is InChI=1S/C18H16ClFN4O/c1-11-3-6-14(9-15(11)17-16(20)10-21-24(17)2)23-18(25)22-13-7-4-12(19)5-8-13/h3-10H,1-2H3,(H2,22,23,25). The molecule has 3 rings (SSSR count). The van der Waals surface area contributed by atoms with E-state index in [9.17, 15) is 9.18 Å². The van der Waals surface area contributed by atoms with Crippen LogP contribution in [0.25, 0.3) is 11.3 Å². The van der Waals surface area contributed by atoms with Crippen LogP contribution in [-0.4, -0.2) is 15.8 Å². The summed E-state index contributed by atoms with van der Waals surface area (Å²) in [6.07, 6.45) is 1.17. The van der Waals surface area contributed by atoms with Gasteiger partial charge in [-0.1, -0.05) is 17.7 Å². The predicted molar refractivity (Wildman–Crippen MR) is 97.4 cm³/mol. The summed E-state index contributed by atoms with van der Waals surface area (Å²) in [7, 11) is 1.67. The van der Waals surface area contributed by atoms with Crippen LogP contribution in [-0.2, 0) is 7.05 Å². The van der Waals surface area contributed by atoms with Crippen LogP contribution in [0.1, 0.15) is 5.56 Å². The van der Waals surface area contributed by atoms with E-state index >= 15 is 0 Å². The summed E-state index contributed by atoms with van der Waals surface area (Å²) in [5, 5.41) is 9.96. The number of hydrogen-bond acceptors (Lipinski definition) is 2. The van der Waals surface area contributed by atoms with Gasteiger partial charge in [0.25, 0.3) is 0 Å². The Balaban J connectivity index is 1.80. The van der Waals surface area contributed by atoms with E-state index in [4.69, 9.17) is 11.6 Å². The quantitative estimate of drug-likeness (QED) is 0.704. The summed E-state index contributed by atoms with van der Waals surface area (Å²) in [6.45, 7) is 1.87. The lowest BCUT2D eigenvalue weighted by molar-refractivity contribution is 0.262. The average Bonchev–Trinajstić information content (AvgIpc) is 2.90. The highest BCUT2D eigenvalue weighted by Gasteiger charge is 2.14. The Morgan fingerprint density at radius 2 is 1.76 bits per heavy atom. The summed E-state index contributed by atoms with van der Waals surface area (Å²) in [6, 6.07) is 11.7. The van der Waals surface area contributed by atoms with Crippen molar-refractivity contribution in [3.63, 3.8) is 0 Å². The van der Waals surface area contributed by atoms with Gasteiger partial charge in [0, 0.05) is 29.0 Å². The molecule has 0 saturated heterocycles. The minimum Gasteiger partial charge on any atom is -0.308 e. The number of halogens is 2. The van der Waals surface area contributed by atoms with Gasteiger partial charge < -0.3 is 10.6 Å². The molecular formula is C18H16ClFN4O. The first-order valence-corrected chi connectivity index (χ1v) is 7.94. The van der Waals surface area contributed by atoms with Crippen LogP contribution in [0.3, 0.4) is 0 Å². The van der Waals surface area contributed by atoms with Gasteiger partial charge in [0.15, 0.2) is 5.82 Å². The summed E-state index contributed by atoms with van der Waals surface area (Å²) < 4.78 is 15.5. The highest BCUT2D eigenvalue weighted by molar-refractivity contribution is 6.30. The second-order valence-corrected chi connectivity index (χ2v) is 6.02. The van der Waals surface area contributed by atoms with Crippen molar-refractivity contribution in [2.45, 2.75) is 6.92 Å². The number of urea groups is 1. The molecule has 0 atom stereocenters. The van der Waals surface area contributed by atoms with Crippen LogP contribution in [0.4, 0.5) is 20.6 Å². The van der Waals surface area contributed by atoms with Crippen molar-refractivity contribution in [3.05, 3.63) is 65.1 Å². The van der Waals surface area contributed by atoms with Gasteiger partial charge in [-0.25, -0.2) is 9.18 Å². The Bertz CT molecular complexity index is 902. The third-order valence-corrected chi connectivity index (χ3v) is 4.00. The Labute approximate surface area is 149 Å².